The normalized spacial score (nSPS) is 10.1. The number of carbonyl (C=O) groups excluding carboxylic acids is 1. The third-order valence-electron chi connectivity index (χ3n) is 2.47. The fourth-order valence-electron chi connectivity index (χ4n) is 1.54. The van der Waals surface area contributed by atoms with Crippen LogP contribution in [0.4, 0.5) is 0 Å². The van der Waals surface area contributed by atoms with E-state index in [-0.39, 0.29) is 6.61 Å². The summed E-state index contributed by atoms with van der Waals surface area (Å²) in [5.41, 5.74) is 1.44. The first-order valence-corrected chi connectivity index (χ1v) is 5.61. The maximum Gasteiger partial charge on any atom is 0.229 e. The lowest BCUT2D eigenvalue weighted by atomic mass is 10.1. The molecule has 0 aliphatic heterocycles. The zero-order chi connectivity index (χ0) is 12.8. The first kappa shape index (κ1) is 12.3. The highest BCUT2D eigenvalue weighted by molar-refractivity contribution is 5.78. The molecular weight excluding hydrogens is 230 g/mol. The zero-order valence-electron chi connectivity index (χ0n) is 9.74. The molecule has 0 saturated carbocycles. The lowest BCUT2D eigenvalue weighted by Gasteiger charge is -2.07. The highest BCUT2D eigenvalue weighted by atomic mass is 16.5. The highest BCUT2D eigenvalue weighted by Gasteiger charge is 2.04. The lowest BCUT2D eigenvalue weighted by molar-refractivity contribution is 0.112. The Morgan fingerprint density at radius 1 is 1.22 bits per heavy atom. The number of hydrogen-bond donors (Lipinski definition) is 1. The Labute approximate surface area is 105 Å². The molecule has 0 bridgehead atoms. The Balaban J connectivity index is 2.15. The molecule has 0 spiro atoms. The largest absolute Gasteiger partial charge is 0.438 e. The Morgan fingerprint density at radius 2 is 2.00 bits per heavy atom. The average Bonchev–Trinajstić information content (AvgIpc) is 2.42. The molecule has 0 atom stereocenters. The molecule has 18 heavy (non-hydrogen) atoms. The van der Waals surface area contributed by atoms with E-state index in [1.165, 1.54) is 0 Å². The molecular formula is C14H13NO3. The molecule has 0 unspecified atom stereocenters. The molecule has 1 heterocycles. The SMILES string of the molecule is O=Cc1cccnc1Oc1ccc(CCO)cc1. The van der Waals surface area contributed by atoms with E-state index in [1.807, 2.05) is 12.1 Å². The number of rotatable bonds is 5. The third-order valence-corrected chi connectivity index (χ3v) is 2.47. The van der Waals surface area contributed by atoms with Crippen LogP contribution in [0.3, 0.4) is 0 Å². The van der Waals surface area contributed by atoms with Crippen molar-refractivity contribution in [2.45, 2.75) is 6.42 Å². The average molecular weight is 243 g/mol. The van der Waals surface area contributed by atoms with Crippen molar-refractivity contribution in [2.24, 2.45) is 0 Å². The summed E-state index contributed by atoms with van der Waals surface area (Å²) in [5.74, 6) is 0.904. The van der Waals surface area contributed by atoms with Crippen molar-refractivity contribution in [3.63, 3.8) is 0 Å². The second-order valence-electron chi connectivity index (χ2n) is 3.74. The van der Waals surface area contributed by atoms with Crippen molar-refractivity contribution in [2.75, 3.05) is 6.61 Å². The van der Waals surface area contributed by atoms with Gasteiger partial charge in [0, 0.05) is 12.8 Å². The maximum absolute atomic E-state index is 10.8. The molecule has 0 saturated heterocycles. The van der Waals surface area contributed by atoms with Gasteiger partial charge in [0.05, 0.1) is 5.56 Å². The van der Waals surface area contributed by atoms with Gasteiger partial charge in [-0.1, -0.05) is 12.1 Å². The summed E-state index contributed by atoms with van der Waals surface area (Å²) in [6.45, 7) is 0.121. The fourth-order valence-corrected chi connectivity index (χ4v) is 1.54. The number of carbonyl (C=O) groups is 1. The minimum Gasteiger partial charge on any atom is -0.438 e. The molecule has 0 aliphatic rings. The summed E-state index contributed by atoms with van der Waals surface area (Å²) < 4.78 is 5.53. The maximum atomic E-state index is 10.8. The van der Waals surface area contributed by atoms with Crippen molar-refractivity contribution in [1.29, 1.82) is 0 Å². The number of aliphatic hydroxyl groups is 1. The predicted octanol–water partition coefficient (Wildman–Crippen LogP) is 2.22. The predicted molar refractivity (Wildman–Crippen MR) is 66.9 cm³/mol. The van der Waals surface area contributed by atoms with Crippen LogP contribution in [-0.4, -0.2) is 23.0 Å². The van der Waals surface area contributed by atoms with E-state index in [2.05, 4.69) is 4.98 Å². The van der Waals surface area contributed by atoms with Gasteiger partial charge < -0.3 is 9.84 Å². The highest BCUT2D eigenvalue weighted by Crippen LogP contribution is 2.22. The smallest absolute Gasteiger partial charge is 0.229 e. The molecule has 4 heteroatoms. The number of benzene rings is 1. The number of aldehydes is 1. The number of nitrogens with zero attached hydrogens (tertiary/aromatic N) is 1. The molecule has 0 radical (unpaired) electrons. The van der Waals surface area contributed by atoms with Gasteiger partial charge in [0.2, 0.25) is 5.88 Å². The van der Waals surface area contributed by atoms with Crippen LogP contribution in [0, 0.1) is 0 Å². The van der Waals surface area contributed by atoms with Crippen LogP contribution in [0.5, 0.6) is 11.6 Å². The van der Waals surface area contributed by atoms with Gasteiger partial charge in [0.1, 0.15) is 5.75 Å². The van der Waals surface area contributed by atoms with E-state index < -0.39 is 0 Å². The van der Waals surface area contributed by atoms with Gasteiger partial charge in [0.15, 0.2) is 6.29 Å². The second kappa shape index (κ2) is 5.93. The van der Waals surface area contributed by atoms with Crippen molar-refractivity contribution in [3.05, 3.63) is 53.7 Å². The molecule has 0 aliphatic carbocycles. The number of pyridine rings is 1. The molecule has 92 valence electrons. The van der Waals surface area contributed by atoms with Crippen molar-refractivity contribution >= 4 is 6.29 Å². The third kappa shape index (κ3) is 2.93. The van der Waals surface area contributed by atoms with Crippen LogP contribution < -0.4 is 4.74 Å². The molecule has 2 rings (SSSR count). The summed E-state index contributed by atoms with van der Waals surface area (Å²) in [5, 5.41) is 8.81. The molecule has 4 nitrogen and oxygen atoms in total. The molecule has 1 aromatic heterocycles. The minimum absolute atomic E-state index is 0.121. The Hall–Kier alpha value is -2.20. The van der Waals surface area contributed by atoms with Crippen LogP contribution in [0.25, 0.3) is 0 Å². The van der Waals surface area contributed by atoms with E-state index in [0.29, 0.717) is 29.9 Å². The number of aromatic nitrogens is 1. The van der Waals surface area contributed by atoms with Crippen LogP contribution >= 0.6 is 0 Å². The quantitative estimate of drug-likeness (QED) is 0.818. The number of ether oxygens (including phenoxy) is 1. The molecule has 1 N–H and O–H groups in total. The number of hydrogen-bond acceptors (Lipinski definition) is 4. The first-order valence-electron chi connectivity index (χ1n) is 5.61. The summed E-state index contributed by atoms with van der Waals surface area (Å²) in [7, 11) is 0. The van der Waals surface area contributed by atoms with Gasteiger partial charge >= 0.3 is 0 Å². The summed E-state index contributed by atoms with van der Waals surface area (Å²) in [6, 6.07) is 10.6. The Bertz CT molecular complexity index is 523. The monoisotopic (exact) mass is 243 g/mol. The van der Waals surface area contributed by atoms with E-state index in [1.54, 1.807) is 30.5 Å². The first-order chi connectivity index (χ1) is 8.83. The molecule has 0 amide bonds. The van der Waals surface area contributed by atoms with Crippen LogP contribution in [0.1, 0.15) is 15.9 Å². The second-order valence-corrected chi connectivity index (χ2v) is 3.74. The molecule has 0 fully saturated rings. The van der Waals surface area contributed by atoms with Crippen molar-refractivity contribution < 1.29 is 14.6 Å². The van der Waals surface area contributed by atoms with Gasteiger partial charge in [-0.2, -0.15) is 0 Å². The zero-order valence-corrected chi connectivity index (χ0v) is 9.74. The minimum atomic E-state index is 0.121. The Morgan fingerprint density at radius 3 is 2.67 bits per heavy atom. The van der Waals surface area contributed by atoms with E-state index in [0.717, 1.165) is 5.56 Å². The van der Waals surface area contributed by atoms with Crippen LogP contribution in [0.15, 0.2) is 42.6 Å². The lowest BCUT2D eigenvalue weighted by Crippen LogP contribution is -1.94. The summed E-state index contributed by atoms with van der Waals surface area (Å²) in [6.07, 6.45) is 2.90. The topological polar surface area (TPSA) is 59.4 Å². The van der Waals surface area contributed by atoms with Gasteiger partial charge in [-0.15, -0.1) is 0 Å². The van der Waals surface area contributed by atoms with Crippen LogP contribution in [-0.2, 0) is 6.42 Å². The van der Waals surface area contributed by atoms with Gasteiger partial charge in [-0.05, 0) is 36.2 Å². The molecule has 2 aromatic rings. The van der Waals surface area contributed by atoms with Gasteiger partial charge in [-0.3, -0.25) is 4.79 Å². The van der Waals surface area contributed by atoms with Crippen molar-refractivity contribution in [3.8, 4) is 11.6 Å². The summed E-state index contributed by atoms with van der Waals surface area (Å²) >= 11 is 0. The van der Waals surface area contributed by atoms with Crippen LogP contribution in [0.2, 0.25) is 0 Å². The standard InChI is InChI=1S/C14H13NO3/c16-9-7-11-3-5-13(6-4-11)18-14-12(10-17)2-1-8-15-14/h1-6,8,10,16H,7,9H2. The van der Waals surface area contributed by atoms with E-state index >= 15 is 0 Å². The summed E-state index contributed by atoms with van der Waals surface area (Å²) in [4.78, 5) is 14.8. The fraction of sp³-hybridized carbons (Fsp3) is 0.143. The van der Waals surface area contributed by atoms with Crippen molar-refractivity contribution in [1.82, 2.24) is 4.98 Å². The van der Waals surface area contributed by atoms with E-state index in [9.17, 15) is 4.79 Å². The molecule has 1 aromatic carbocycles. The van der Waals surface area contributed by atoms with Gasteiger partial charge in [-0.25, -0.2) is 4.98 Å². The van der Waals surface area contributed by atoms with Gasteiger partial charge in [0.25, 0.3) is 0 Å². The number of aliphatic hydroxyl groups excluding tert-OH is 1. The Kier molecular flexibility index (Phi) is 4.04. The van der Waals surface area contributed by atoms with E-state index in [4.69, 9.17) is 9.84 Å².